The molecule has 1 heterocycles. The molecule has 0 aliphatic heterocycles. The van der Waals surface area contributed by atoms with Crippen molar-refractivity contribution in [2.24, 2.45) is 5.73 Å². The minimum absolute atomic E-state index is 0.00659. The number of aryl methyl sites for hydroxylation is 1. The second kappa shape index (κ2) is 5.86. The van der Waals surface area contributed by atoms with Crippen molar-refractivity contribution in [3.05, 3.63) is 11.4 Å². The highest BCUT2D eigenvalue weighted by Gasteiger charge is 2.20. The Labute approximate surface area is 93.2 Å². The average molecular weight is 233 g/mol. The minimum atomic E-state index is -2.58. The first kappa shape index (κ1) is 13.0. The van der Waals surface area contributed by atoms with E-state index in [9.17, 15) is 8.78 Å². The van der Waals surface area contributed by atoms with Crippen LogP contribution in [0.5, 0.6) is 0 Å². The van der Waals surface area contributed by atoms with Crippen LogP contribution < -0.4 is 5.73 Å². The SMILES string of the molecule is CN(C)CCCn1nnc(CN)c1C(F)F. The summed E-state index contributed by atoms with van der Waals surface area (Å²) in [7, 11) is 3.86. The van der Waals surface area contributed by atoms with Crippen LogP contribution in [0.1, 0.15) is 24.2 Å². The molecule has 7 heteroatoms. The Morgan fingerprint density at radius 2 is 2.12 bits per heavy atom. The smallest absolute Gasteiger partial charge is 0.281 e. The van der Waals surface area contributed by atoms with Gasteiger partial charge in [-0.1, -0.05) is 5.21 Å². The maximum atomic E-state index is 12.7. The molecule has 92 valence electrons. The molecule has 0 unspecified atom stereocenters. The molecule has 1 rings (SSSR count). The highest BCUT2D eigenvalue weighted by molar-refractivity contribution is 5.11. The zero-order chi connectivity index (χ0) is 12.1. The highest BCUT2D eigenvalue weighted by Crippen LogP contribution is 2.21. The largest absolute Gasteiger partial charge is 0.325 e. The molecule has 0 spiro atoms. The van der Waals surface area contributed by atoms with Gasteiger partial charge in [0.1, 0.15) is 11.4 Å². The zero-order valence-electron chi connectivity index (χ0n) is 9.53. The lowest BCUT2D eigenvalue weighted by atomic mass is 10.3. The monoisotopic (exact) mass is 233 g/mol. The molecule has 0 atom stereocenters. The molecular weight excluding hydrogens is 216 g/mol. The molecule has 0 aliphatic carbocycles. The number of nitrogens with two attached hydrogens (primary N) is 1. The van der Waals surface area contributed by atoms with Crippen molar-refractivity contribution in [2.45, 2.75) is 25.9 Å². The lowest BCUT2D eigenvalue weighted by Gasteiger charge is -2.10. The summed E-state index contributed by atoms with van der Waals surface area (Å²) in [5.41, 5.74) is 5.35. The molecule has 0 bridgehead atoms. The van der Waals surface area contributed by atoms with E-state index in [-0.39, 0.29) is 17.9 Å². The van der Waals surface area contributed by atoms with E-state index >= 15 is 0 Å². The van der Waals surface area contributed by atoms with Gasteiger partial charge in [-0.3, -0.25) is 0 Å². The summed E-state index contributed by atoms with van der Waals surface area (Å²) in [6.45, 7) is 1.25. The van der Waals surface area contributed by atoms with Crippen molar-refractivity contribution < 1.29 is 8.78 Å². The van der Waals surface area contributed by atoms with Crippen LogP contribution in [-0.4, -0.2) is 40.5 Å². The van der Waals surface area contributed by atoms with Gasteiger partial charge in [0.25, 0.3) is 6.43 Å². The Morgan fingerprint density at radius 1 is 1.44 bits per heavy atom. The van der Waals surface area contributed by atoms with Gasteiger partial charge in [-0.2, -0.15) is 0 Å². The summed E-state index contributed by atoms with van der Waals surface area (Å²) in [6, 6.07) is 0. The fourth-order valence-corrected chi connectivity index (χ4v) is 1.44. The molecular formula is C9H17F2N5. The molecule has 1 aromatic rings. The van der Waals surface area contributed by atoms with Crippen LogP contribution in [0, 0.1) is 0 Å². The van der Waals surface area contributed by atoms with E-state index in [1.54, 1.807) is 0 Å². The normalized spacial score (nSPS) is 11.7. The Hall–Kier alpha value is -1.08. The molecule has 1 aromatic heterocycles. The molecule has 0 radical (unpaired) electrons. The summed E-state index contributed by atoms with van der Waals surface area (Å²) in [5.74, 6) is 0. The maximum Gasteiger partial charge on any atom is 0.281 e. The second-order valence-electron chi connectivity index (χ2n) is 3.81. The number of halogens is 2. The Kier molecular flexibility index (Phi) is 4.75. The van der Waals surface area contributed by atoms with Crippen LogP contribution in [0.15, 0.2) is 0 Å². The molecule has 0 saturated carbocycles. The fraction of sp³-hybridized carbons (Fsp3) is 0.778. The van der Waals surface area contributed by atoms with Crippen LogP contribution in [0.3, 0.4) is 0 Å². The summed E-state index contributed by atoms with van der Waals surface area (Å²) >= 11 is 0. The topological polar surface area (TPSA) is 60.0 Å². The first-order valence-electron chi connectivity index (χ1n) is 5.11. The van der Waals surface area contributed by atoms with Crippen molar-refractivity contribution in [3.8, 4) is 0 Å². The molecule has 0 amide bonds. The van der Waals surface area contributed by atoms with E-state index in [1.165, 1.54) is 4.68 Å². The van der Waals surface area contributed by atoms with Crippen molar-refractivity contribution in [3.63, 3.8) is 0 Å². The Morgan fingerprint density at radius 3 is 2.62 bits per heavy atom. The molecule has 16 heavy (non-hydrogen) atoms. The van der Waals surface area contributed by atoms with Gasteiger partial charge in [0, 0.05) is 13.1 Å². The van der Waals surface area contributed by atoms with E-state index in [0.717, 1.165) is 13.0 Å². The molecule has 0 aromatic carbocycles. The second-order valence-corrected chi connectivity index (χ2v) is 3.81. The molecule has 2 N–H and O–H groups in total. The molecule has 5 nitrogen and oxygen atoms in total. The van der Waals surface area contributed by atoms with Crippen LogP contribution in [0.4, 0.5) is 8.78 Å². The Balaban J connectivity index is 2.68. The van der Waals surface area contributed by atoms with Gasteiger partial charge >= 0.3 is 0 Å². The summed E-state index contributed by atoms with van der Waals surface area (Å²) in [4.78, 5) is 1.99. The van der Waals surface area contributed by atoms with Crippen LogP contribution in [0.2, 0.25) is 0 Å². The minimum Gasteiger partial charge on any atom is -0.325 e. The predicted molar refractivity (Wildman–Crippen MR) is 56.0 cm³/mol. The van der Waals surface area contributed by atoms with Crippen molar-refractivity contribution in [1.29, 1.82) is 0 Å². The number of hydrogen-bond acceptors (Lipinski definition) is 4. The summed E-state index contributed by atoms with van der Waals surface area (Å²) in [6.07, 6.45) is -1.83. The third kappa shape index (κ3) is 3.21. The van der Waals surface area contributed by atoms with Gasteiger partial charge in [-0.15, -0.1) is 5.10 Å². The van der Waals surface area contributed by atoms with E-state index in [1.807, 2.05) is 19.0 Å². The van der Waals surface area contributed by atoms with Crippen molar-refractivity contribution >= 4 is 0 Å². The van der Waals surface area contributed by atoms with E-state index in [2.05, 4.69) is 10.3 Å². The van der Waals surface area contributed by atoms with Crippen LogP contribution >= 0.6 is 0 Å². The average Bonchev–Trinajstić information content (AvgIpc) is 2.60. The number of rotatable bonds is 6. The van der Waals surface area contributed by atoms with Crippen molar-refractivity contribution in [1.82, 2.24) is 19.9 Å². The van der Waals surface area contributed by atoms with E-state index < -0.39 is 6.43 Å². The summed E-state index contributed by atoms with van der Waals surface area (Å²) in [5, 5.41) is 7.34. The third-order valence-electron chi connectivity index (χ3n) is 2.22. The molecule has 0 aliphatic rings. The maximum absolute atomic E-state index is 12.7. The summed E-state index contributed by atoms with van der Waals surface area (Å²) < 4.78 is 26.7. The molecule has 0 fully saturated rings. The van der Waals surface area contributed by atoms with Gasteiger partial charge in [0.2, 0.25) is 0 Å². The standard InChI is InChI=1S/C9H17F2N5/c1-15(2)4-3-5-16-8(9(10)11)7(6-12)13-14-16/h9H,3-6,12H2,1-2H3. The molecule has 0 saturated heterocycles. The zero-order valence-corrected chi connectivity index (χ0v) is 9.53. The van der Waals surface area contributed by atoms with Gasteiger partial charge in [-0.25, -0.2) is 13.5 Å². The van der Waals surface area contributed by atoms with E-state index in [4.69, 9.17) is 5.73 Å². The number of alkyl halides is 2. The van der Waals surface area contributed by atoms with Gasteiger partial charge < -0.3 is 10.6 Å². The van der Waals surface area contributed by atoms with Crippen LogP contribution in [0.25, 0.3) is 0 Å². The van der Waals surface area contributed by atoms with E-state index in [0.29, 0.717) is 6.54 Å². The Bertz CT molecular complexity index is 324. The van der Waals surface area contributed by atoms with Gasteiger partial charge in [0.15, 0.2) is 0 Å². The fourth-order valence-electron chi connectivity index (χ4n) is 1.44. The number of aromatic nitrogens is 3. The highest BCUT2D eigenvalue weighted by atomic mass is 19.3. The quantitative estimate of drug-likeness (QED) is 0.782. The number of hydrogen-bond donors (Lipinski definition) is 1. The van der Waals surface area contributed by atoms with Crippen LogP contribution in [-0.2, 0) is 13.1 Å². The van der Waals surface area contributed by atoms with Crippen molar-refractivity contribution in [2.75, 3.05) is 20.6 Å². The lowest BCUT2D eigenvalue weighted by molar-refractivity contribution is 0.137. The first-order chi connectivity index (χ1) is 7.56. The number of nitrogens with zero attached hydrogens (tertiary/aromatic N) is 4. The van der Waals surface area contributed by atoms with Gasteiger partial charge in [0.05, 0.1) is 0 Å². The third-order valence-corrected chi connectivity index (χ3v) is 2.22. The van der Waals surface area contributed by atoms with Gasteiger partial charge in [-0.05, 0) is 27.1 Å². The predicted octanol–water partition coefficient (Wildman–Crippen LogP) is 0.626. The first-order valence-corrected chi connectivity index (χ1v) is 5.11. The lowest BCUT2D eigenvalue weighted by Crippen LogP contribution is -2.16.